The SMILES string of the molecule is COc1ccc(CCNC[C@@H](O)COc2ccccc2O)cc1. The molecule has 2 aromatic carbocycles. The molecule has 124 valence electrons. The van der Waals surface area contributed by atoms with Crippen molar-refractivity contribution in [2.45, 2.75) is 12.5 Å². The second-order valence-electron chi connectivity index (χ2n) is 5.23. The van der Waals surface area contributed by atoms with Crippen molar-refractivity contribution in [1.29, 1.82) is 0 Å². The first-order valence-electron chi connectivity index (χ1n) is 7.61. The quantitative estimate of drug-likeness (QED) is 0.617. The van der Waals surface area contributed by atoms with Crippen LogP contribution in [0.5, 0.6) is 17.2 Å². The zero-order valence-corrected chi connectivity index (χ0v) is 13.2. The van der Waals surface area contributed by atoms with Gasteiger partial charge in [-0.15, -0.1) is 0 Å². The molecule has 0 amide bonds. The van der Waals surface area contributed by atoms with Gasteiger partial charge in [-0.2, -0.15) is 0 Å². The number of aromatic hydroxyl groups is 1. The topological polar surface area (TPSA) is 71.0 Å². The largest absolute Gasteiger partial charge is 0.504 e. The van der Waals surface area contributed by atoms with Gasteiger partial charge in [-0.3, -0.25) is 0 Å². The highest BCUT2D eigenvalue weighted by Crippen LogP contribution is 2.24. The van der Waals surface area contributed by atoms with Crippen molar-refractivity contribution >= 4 is 0 Å². The van der Waals surface area contributed by atoms with Crippen LogP contribution in [0.2, 0.25) is 0 Å². The van der Waals surface area contributed by atoms with E-state index in [-0.39, 0.29) is 12.4 Å². The zero-order valence-electron chi connectivity index (χ0n) is 13.2. The van der Waals surface area contributed by atoms with Gasteiger partial charge in [-0.05, 0) is 42.8 Å². The number of hydrogen-bond acceptors (Lipinski definition) is 5. The molecule has 5 nitrogen and oxygen atoms in total. The Morgan fingerprint density at radius 1 is 1.09 bits per heavy atom. The lowest BCUT2D eigenvalue weighted by Crippen LogP contribution is -2.32. The van der Waals surface area contributed by atoms with Crippen molar-refractivity contribution in [3.63, 3.8) is 0 Å². The van der Waals surface area contributed by atoms with E-state index in [1.165, 1.54) is 5.56 Å². The molecule has 0 saturated heterocycles. The normalized spacial score (nSPS) is 11.9. The summed E-state index contributed by atoms with van der Waals surface area (Å²) in [5.41, 5.74) is 1.21. The first kappa shape index (κ1) is 17.1. The Bertz CT molecular complexity index is 586. The van der Waals surface area contributed by atoms with E-state index in [2.05, 4.69) is 5.32 Å². The Hall–Kier alpha value is -2.24. The Kier molecular flexibility index (Phi) is 6.72. The number of benzene rings is 2. The molecular formula is C18H23NO4. The average molecular weight is 317 g/mol. The maximum Gasteiger partial charge on any atom is 0.161 e. The van der Waals surface area contributed by atoms with Gasteiger partial charge in [0.2, 0.25) is 0 Å². The second-order valence-corrected chi connectivity index (χ2v) is 5.23. The van der Waals surface area contributed by atoms with E-state index >= 15 is 0 Å². The number of methoxy groups -OCH3 is 1. The fourth-order valence-electron chi connectivity index (χ4n) is 2.12. The van der Waals surface area contributed by atoms with Crippen LogP contribution < -0.4 is 14.8 Å². The van der Waals surface area contributed by atoms with Crippen molar-refractivity contribution in [2.24, 2.45) is 0 Å². The Labute approximate surface area is 136 Å². The van der Waals surface area contributed by atoms with E-state index in [4.69, 9.17) is 9.47 Å². The predicted octanol–water partition coefficient (Wildman–Crippen LogP) is 1.97. The van der Waals surface area contributed by atoms with Gasteiger partial charge in [0.1, 0.15) is 18.5 Å². The molecule has 0 fully saturated rings. The Balaban J connectivity index is 1.62. The highest BCUT2D eigenvalue weighted by atomic mass is 16.5. The van der Waals surface area contributed by atoms with Crippen LogP contribution in [-0.4, -0.2) is 43.1 Å². The maximum absolute atomic E-state index is 9.88. The number of aliphatic hydroxyl groups is 1. The van der Waals surface area contributed by atoms with Crippen LogP contribution >= 0.6 is 0 Å². The van der Waals surface area contributed by atoms with Gasteiger partial charge in [0.25, 0.3) is 0 Å². The fourth-order valence-corrected chi connectivity index (χ4v) is 2.12. The molecule has 2 aromatic rings. The van der Waals surface area contributed by atoms with Gasteiger partial charge in [-0.25, -0.2) is 0 Å². The lowest BCUT2D eigenvalue weighted by molar-refractivity contribution is 0.105. The summed E-state index contributed by atoms with van der Waals surface area (Å²) in [6.45, 7) is 1.33. The third kappa shape index (κ3) is 5.81. The van der Waals surface area contributed by atoms with Crippen LogP contribution in [0, 0.1) is 0 Å². The minimum absolute atomic E-state index is 0.0761. The molecule has 0 aliphatic carbocycles. The molecule has 0 aromatic heterocycles. The van der Waals surface area contributed by atoms with E-state index in [1.54, 1.807) is 31.4 Å². The number of rotatable bonds is 9. The molecule has 0 saturated carbocycles. The summed E-state index contributed by atoms with van der Waals surface area (Å²) < 4.78 is 10.5. The third-order valence-corrected chi connectivity index (χ3v) is 3.43. The van der Waals surface area contributed by atoms with Crippen LogP contribution in [-0.2, 0) is 6.42 Å². The molecule has 5 heteroatoms. The van der Waals surface area contributed by atoms with Crippen LogP contribution in [0.25, 0.3) is 0 Å². The van der Waals surface area contributed by atoms with Crippen molar-refractivity contribution in [3.8, 4) is 17.2 Å². The molecule has 2 rings (SSSR count). The standard InChI is InChI=1S/C18H23NO4/c1-22-16-8-6-14(7-9-16)10-11-19-12-15(20)13-23-18-5-3-2-4-17(18)21/h2-9,15,19-21H,10-13H2,1H3/t15-/m1/s1. The summed E-state index contributed by atoms with van der Waals surface area (Å²) >= 11 is 0. The second kappa shape index (κ2) is 9.02. The third-order valence-electron chi connectivity index (χ3n) is 3.43. The molecule has 0 aliphatic rings. The van der Waals surface area contributed by atoms with Crippen molar-refractivity contribution in [3.05, 3.63) is 54.1 Å². The lowest BCUT2D eigenvalue weighted by Gasteiger charge is -2.14. The monoisotopic (exact) mass is 317 g/mol. The summed E-state index contributed by atoms with van der Waals surface area (Å²) in [6, 6.07) is 14.6. The average Bonchev–Trinajstić information content (AvgIpc) is 2.58. The summed E-state index contributed by atoms with van der Waals surface area (Å²) in [5, 5.41) is 22.6. The van der Waals surface area contributed by atoms with E-state index in [0.717, 1.165) is 18.7 Å². The van der Waals surface area contributed by atoms with Crippen molar-refractivity contribution in [1.82, 2.24) is 5.32 Å². The molecular weight excluding hydrogens is 294 g/mol. The van der Waals surface area contributed by atoms with E-state index < -0.39 is 6.10 Å². The highest BCUT2D eigenvalue weighted by Gasteiger charge is 2.07. The highest BCUT2D eigenvalue weighted by molar-refractivity contribution is 5.37. The summed E-state index contributed by atoms with van der Waals surface area (Å²) in [6.07, 6.45) is 0.238. The van der Waals surface area contributed by atoms with Gasteiger partial charge in [-0.1, -0.05) is 24.3 Å². The number of hydrogen-bond donors (Lipinski definition) is 3. The summed E-state index contributed by atoms with van der Waals surface area (Å²) in [5.74, 6) is 1.30. The first-order valence-corrected chi connectivity index (χ1v) is 7.61. The molecule has 0 heterocycles. The summed E-state index contributed by atoms with van der Waals surface area (Å²) in [4.78, 5) is 0. The number of para-hydroxylation sites is 2. The molecule has 0 bridgehead atoms. The zero-order chi connectivity index (χ0) is 16.5. The predicted molar refractivity (Wildman–Crippen MR) is 89.2 cm³/mol. The van der Waals surface area contributed by atoms with Gasteiger partial charge in [0.05, 0.1) is 7.11 Å². The smallest absolute Gasteiger partial charge is 0.161 e. The Morgan fingerprint density at radius 3 is 2.52 bits per heavy atom. The number of ether oxygens (including phenoxy) is 2. The molecule has 3 N–H and O–H groups in total. The van der Waals surface area contributed by atoms with Crippen molar-refractivity contribution < 1.29 is 19.7 Å². The molecule has 0 radical (unpaired) electrons. The molecule has 0 aliphatic heterocycles. The van der Waals surface area contributed by atoms with Crippen LogP contribution in [0.4, 0.5) is 0 Å². The minimum atomic E-state index is -0.634. The fraction of sp³-hybridized carbons (Fsp3) is 0.333. The Morgan fingerprint density at radius 2 is 1.83 bits per heavy atom. The summed E-state index contributed by atoms with van der Waals surface area (Å²) in [7, 11) is 1.65. The molecule has 0 spiro atoms. The number of phenolic OH excluding ortho intramolecular Hbond substituents is 1. The number of nitrogens with one attached hydrogen (secondary N) is 1. The van der Waals surface area contributed by atoms with Gasteiger partial charge in [0.15, 0.2) is 11.5 Å². The van der Waals surface area contributed by atoms with Crippen LogP contribution in [0.15, 0.2) is 48.5 Å². The molecule has 0 unspecified atom stereocenters. The van der Waals surface area contributed by atoms with Crippen LogP contribution in [0.3, 0.4) is 0 Å². The first-order chi connectivity index (χ1) is 11.2. The number of aliphatic hydroxyl groups excluding tert-OH is 1. The minimum Gasteiger partial charge on any atom is -0.504 e. The number of phenols is 1. The molecule has 1 atom stereocenters. The lowest BCUT2D eigenvalue weighted by atomic mass is 10.1. The van der Waals surface area contributed by atoms with E-state index in [0.29, 0.717) is 12.3 Å². The maximum atomic E-state index is 9.88. The van der Waals surface area contributed by atoms with Gasteiger partial charge in [0, 0.05) is 6.54 Å². The van der Waals surface area contributed by atoms with Crippen LogP contribution in [0.1, 0.15) is 5.56 Å². The van der Waals surface area contributed by atoms with E-state index in [1.807, 2.05) is 24.3 Å². The van der Waals surface area contributed by atoms with E-state index in [9.17, 15) is 10.2 Å². The molecule has 23 heavy (non-hydrogen) atoms. The van der Waals surface area contributed by atoms with Gasteiger partial charge < -0.3 is 25.0 Å². The van der Waals surface area contributed by atoms with Crippen molar-refractivity contribution in [2.75, 3.05) is 26.8 Å². The van der Waals surface area contributed by atoms with Gasteiger partial charge >= 0.3 is 0 Å².